The maximum absolute atomic E-state index is 13.9. The van der Waals surface area contributed by atoms with E-state index in [1.807, 2.05) is 56.0 Å². The number of esters is 1. The molecule has 8 heteroatoms. The van der Waals surface area contributed by atoms with E-state index >= 15 is 0 Å². The van der Waals surface area contributed by atoms with Crippen molar-refractivity contribution in [2.75, 3.05) is 16.9 Å². The molecule has 2 aromatic rings. The van der Waals surface area contributed by atoms with Crippen molar-refractivity contribution in [3.05, 3.63) is 54.1 Å². The molecule has 5 rings (SSSR count). The van der Waals surface area contributed by atoms with Gasteiger partial charge in [0.2, 0.25) is 11.8 Å². The molecule has 0 radical (unpaired) electrons. The molecule has 0 saturated carbocycles. The van der Waals surface area contributed by atoms with Crippen molar-refractivity contribution < 1.29 is 28.7 Å². The molecule has 2 fully saturated rings. The predicted octanol–water partition coefficient (Wildman–Crippen LogP) is 3.63. The third-order valence-corrected chi connectivity index (χ3v) is 7.08. The number of ether oxygens (including phenoxy) is 2. The second-order valence-corrected chi connectivity index (χ2v) is 10.4. The quantitative estimate of drug-likeness (QED) is 0.369. The van der Waals surface area contributed by atoms with Gasteiger partial charge in [-0.25, -0.2) is 4.90 Å². The fourth-order valence-corrected chi connectivity index (χ4v) is 5.51. The number of hydrogen-bond acceptors (Lipinski definition) is 7. The Bertz CT molecular complexity index is 1310. The van der Waals surface area contributed by atoms with Crippen LogP contribution in [0.4, 0.5) is 11.4 Å². The lowest BCUT2D eigenvalue weighted by Gasteiger charge is -2.38. The van der Waals surface area contributed by atoms with Gasteiger partial charge in [-0.2, -0.15) is 0 Å². The van der Waals surface area contributed by atoms with Gasteiger partial charge in [-0.05, 0) is 42.5 Å². The number of hydrogen-bond donors (Lipinski definition) is 0. The Balaban J connectivity index is 1.58. The van der Waals surface area contributed by atoms with Crippen LogP contribution in [0, 0.1) is 17.3 Å². The van der Waals surface area contributed by atoms with E-state index in [1.165, 1.54) is 11.8 Å². The van der Waals surface area contributed by atoms with Crippen LogP contribution in [0.5, 0.6) is 11.5 Å². The van der Waals surface area contributed by atoms with E-state index in [1.54, 1.807) is 31.4 Å². The van der Waals surface area contributed by atoms with E-state index in [2.05, 4.69) is 0 Å². The maximum Gasteiger partial charge on any atom is 0.308 e. The summed E-state index contributed by atoms with van der Waals surface area (Å²) in [6.07, 6.45) is 3.84. The number of anilines is 2. The van der Waals surface area contributed by atoms with Gasteiger partial charge in [-0.3, -0.25) is 19.2 Å². The minimum absolute atomic E-state index is 0.0923. The van der Waals surface area contributed by atoms with Gasteiger partial charge in [0.15, 0.2) is 5.78 Å². The molecule has 0 N–H and O–H groups in total. The zero-order valence-electron chi connectivity index (χ0n) is 20.8. The number of benzene rings is 2. The van der Waals surface area contributed by atoms with Gasteiger partial charge in [-0.15, -0.1) is 0 Å². The SMILES string of the molecule is COc1ccc2c(c1)C=C[C@@H]1[C@@H]3C(=O)N(c4ccc(OC(C)=O)cc4)C(=O)[C@@H]3[C@H](C(=O)C(C)(C)C)N21. The smallest absolute Gasteiger partial charge is 0.308 e. The summed E-state index contributed by atoms with van der Waals surface area (Å²) in [6, 6.07) is 10.6. The summed E-state index contributed by atoms with van der Waals surface area (Å²) in [5.41, 5.74) is 1.34. The average molecular weight is 489 g/mol. The standard InChI is InChI=1S/C28H28N2O6/c1-15(31)36-18-9-7-17(8-10-18)29-26(33)22-21-12-6-16-14-19(35-5)11-13-20(16)30(21)24(23(22)27(29)34)25(32)28(2,3)4/h6-14,21-24H,1-5H3/t21-,22+,23+,24-/m1/s1. The van der Waals surface area contributed by atoms with Crippen molar-refractivity contribution in [3.8, 4) is 11.5 Å². The molecule has 3 aliphatic heterocycles. The molecule has 8 nitrogen and oxygen atoms in total. The van der Waals surface area contributed by atoms with Crippen LogP contribution in [0.15, 0.2) is 48.5 Å². The number of nitrogens with zero attached hydrogens (tertiary/aromatic N) is 2. The Hall–Kier alpha value is -3.94. The first-order chi connectivity index (χ1) is 17.0. The number of Topliss-reactive ketones (excluding diaryl/α,β-unsaturated/α-hetero) is 1. The average Bonchev–Trinajstić information content (AvgIpc) is 3.30. The molecule has 3 heterocycles. The Morgan fingerprint density at radius 2 is 1.56 bits per heavy atom. The van der Waals surface area contributed by atoms with E-state index in [4.69, 9.17) is 9.47 Å². The number of imide groups is 1. The van der Waals surface area contributed by atoms with Crippen molar-refractivity contribution in [2.45, 2.75) is 39.8 Å². The highest BCUT2D eigenvalue weighted by Crippen LogP contribution is 2.51. The van der Waals surface area contributed by atoms with Crippen LogP contribution in [0.2, 0.25) is 0 Å². The first-order valence-corrected chi connectivity index (χ1v) is 11.9. The highest BCUT2D eigenvalue weighted by Gasteiger charge is 2.65. The lowest BCUT2D eigenvalue weighted by Crippen LogP contribution is -2.51. The van der Waals surface area contributed by atoms with Crippen molar-refractivity contribution >= 4 is 41.0 Å². The molecule has 0 bridgehead atoms. The van der Waals surface area contributed by atoms with Crippen LogP contribution in [-0.4, -0.2) is 42.8 Å². The minimum Gasteiger partial charge on any atom is -0.497 e. The number of rotatable bonds is 4. The molecule has 186 valence electrons. The molecule has 2 aromatic carbocycles. The largest absolute Gasteiger partial charge is 0.497 e. The first-order valence-electron chi connectivity index (χ1n) is 11.9. The van der Waals surface area contributed by atoms with Crippen LogP contribution < -0.4 is 19.3 Å². The van der Waals surface area contributed by atoms with Gasteiger partial charge in [0.25, 0.3) is 0 Å². The summed E-state index contributed by atoms with van der Waals surface area (Å²) < 4.78 is 10.4. The fraction of sp³-hybridized carbons (Fsp3) is 0.357. The number of ketones is 1. The highest BCUT2D eigenvalue weighted by atomic mass is 16.5. The summed E-state index contributed by atoms with van der Waals surface area (Å²) >= 11 is 0. The predicted molar refractivity (Wildman–Crippen MR) is 134 cm³/mol. The van der Waals surface area contributed by atoms with Crippen molar-refractivity contribution in [2.24, 2.45) is 17.3 Å². The van der Waals surface area contributed by atoms with Gasteiger partial charge >= 0.3 is 5.97 Å². The molecule has 0 unspecified atom stereocenters. The number of amides is 2. The second kappa shape index (κ2) is 8.33. The zero-order valence-corrected chi connectivity index (χ0v) is 20.8. The van der Waals surface area contributed by atoms with Crippen molar-refractivity contribution in [1.29, 1.82) is 0 Å². The third-order valence-electron chi connectivity index (χ3n) is 7.08. The summed E-state index contributed by atoms with van der Waals surface area (Å²) in [6.45, 7) is 6.80. The van der Waals surface area contributed by atoms with E-state index in [9.17, 15) is 19.2 Å². The summed E-state index contributed by atoms with van der Waals surface area (Å²) in [5.74, 6) is -1.81. The number of methoxy groups -OCH3 is 1. The van der Waals surface area contributed by atoms with Crippen LogP contribution >= 0.6 is 0 Å². The molecule has 4 atom stereocenters. The Morgan fingerprint density at radius 3 is 2.17 bits per heavy atom. The van der Waals surface area contributed by atoms with Crippen LogP contribution in [0.1, 0.15) is 33.3 Å². The number of fused-ring (bicyclic) bond motifs is 5. The summed E-state index contributed by atoms with van der Waals surface area (Å²) in [4.78, 5) is 55.8. The van der Waals surface area contributed by atoms with Gasteiger partial charge in [-0.1, -0.05) is 32.9 Å². The minimum atomic E-state index is -0.819. The third kappa shape index (κ3) is 3.59. The summed E-state index contributed by atoms with van der Waals surface area (Å²) in [5, 5.41) is 0. The van der Waals surface area contributed by atoms with Gasteiger partial charge in [0, 0.05) is 23.6 Å². The molecule has 2 amide bonds. The van der Waals surface area contributed by atoms with E-state index in [0.717, 1.165) is 11.3 Å². The van der Waals surface area contributed by atoms with Crippen molar-refractivity contribution in [1.82, 2.24) is 0 Å². The van der Waals surface area contributed by atoms with Crippen molar-refractivity contribution in [3.63, 3.8) is 0 Å². The fourth-order valence-electron chi connectivity index (χ4n) is 5.51. The molecule has 0 aliphatic carbocycles. The van der Waals surface area contributed by atoms with E-state index < -0.39 is 41.2 Å². The monoisotopic (exact) mass is 488 g/mol. The normalized spacial score (nSPS) is 24.4. The number of carbonyl (C=O) groups is 4. The molecular weight excluding hydrogens is 460 g/mol. The van der Waals surface area contributed by atoms with Gasteiger partial charge in [0.1, 0.15) is 17.5 Å². The molecule has 2 saturated heterocycles. The number of carbonyl (C=O) groups excluding carboxylic acids is 4. The Kier molecular flexibility index (Phi) is 5.50. The van der Waals surface area contributed by atoms with Crippen LogP contribution in [0.25, 0.3) is 6.08 Å². The van der Waals surface area contributed by atoms with Gasteiger partial charge in [0.05, 0.1) is 30.7 Å². The second-order valence-electron chi connectivity index (χ2n) is 10.4. The molecule has 0 aromatic heterocycles. The lowest BCUT2D eigenvalue weighted by atomic mass is 9.79. The van der Waals surface area contributed by atoms with Crippen LogP contribution in [-0.2, 0) is 19.2 Å². The molecular formula is C28H28N2O6. The van der Waals surface area contributed by atoms with Crippen LogP contribution in [0.3, 0.4) is 0 Å². The highest BCUT2D eigenvalue weighted by molar-refractivity contribution is 6.25. The molecule has 3 aliphatic rings. The van der Waals surface area contributed by atoms with Gasteiger partial charge < -0.3 is 14.4 Å². The molecule has 36 heavy (non-hydrogen) atoms. The van der Waals surface area contributed by atoms with E-state index in [-0.39, 0.29) is 11.7 Å². The Morgan fingerprint density at radius 1 is 0.917 bits per heavy atom. The van der Waals surface area contributed by atoms with E-state index in [0.29, 0.717) is 17.2 Å². The Labute approximate surface area is 209 Å². The lowest BCUT2D eigenvalue weighted by molar-refractivity contribution is -0.132. The molecule has 0 spiro atoms. The topological polar surface area (TPSA) is 93.2 Å². The maximum atomic E-state index is 13.9. The summed E-state index contributed by atoms with van der Waals surface area (Å²) in [7, 11) is 1.59. The zero-order chi connectivity index (χ0) is 25.9. The first kappa shape index (κ1) is 23.8.